The Balaban J connectivity index is 1.97. The number of anilines is 1. The number of carbonyl (C=O) groups excluding carboxylic acids is 1. The molecule has 0 bridgehead atoms. The first-order valence-corrected chi connectivity index (χ1v) is 7.27. The van der Waals surface area contributed by atoms with E-state index >= 15 is 0 Å². The molecular weight excluding hydrogens is 236 g/mol. The zero-order valence-corrected chi connectivity index (χ0v) is 11.6. The van der Waals surface area contributed by atoms with Gasteiger partial charge in [0.2, 0.25) is 5.91 Å². The van der Waals surface area contributed by atoms with Gasteiger partial charge in [-0.25, -0.2) is 0 Å². The average molecular weight is 258 g/mol. The van der Waals surface area contributed by atoms with Crippen molar-refractivity contribution in [3.8, 4) is 0 Å². The summed E-state index contributed by atoms with van der Waals surface area (Å²) < 4.78 is 0. The van der Waals surface area contributed by atoms with Gasteiger partial charge >= 0.3 is 0 Å². The van der Waals surface area contributed by atoms with Crippen LogP contribution >= 0.6 is 0 Å². The summed E-state index contributed by atoms with van der Waals surface area (Å²) in [5, 5.41) is 0. The number of nitrogens with zero attached hydrogens (tertiary/aromatic N) is 1. The van der Waals surface area contributed by atoms with Crippen molar-refractivity contribution in [2.45, 2.75) is 50.5 Å². The third-order valence-electron chi connectivity index (χ3n) is 4.96. The molecule has 1 aliphatic heterocycles. The normalized spacial score (nSPS) is 28.9. The molecule has 2 atom stereocenters. The Morgan fingerprint density at radius 2 is 2.21 bits per heavy atom. The molecule has 1 aromatic carbocycles. The summed E-state index contributed by atoms with van der Waals surface area (Å²) in [5.41, 5.74) is 8.36. The Hall–Kier alpha value is -1.51. The van der Waals surface area contributed by atoms with Gasteiger partial charge in [-0.3, -0.25) is 4.79 Å². The number of carbonyl (C=O) groups is 1. The number of hydrogen-bond acceptors (Lipinski definition) is 2. The highest BCUT2D eigenvalue weighted by atomic mass is 16.1. The minimum atomic E-state index is -0.207. The van der Waals surface area contributed by atoms with Crippen molar-refractivity contribution >= 4 is 11.6 Å². The van der Waals surface area contributed by atoms with Crippen molar-refractivity contribution in [1.82, 2.24) is 0 Å². The molecule has 1 heterocycles. The fraction of sp³-hybridized carbons (Fsp3) is 0.562. The number of primary amides is 1. The highest BCUT2D eigenvalue weighted by Crippen LogP contribution is 2.51. The summed E-state index contributed by atoms with van der Waals surface area (Å²) in [4.78, 5) is 13.5. The van der Waals surface area contributed by atoms with Crippen molar-refractivity contribution in [2.75, 3.05) is 11.4 Å². The van der Waals surface area contributed by atoms with Crippen LogP contribution in [0, 0.1) is 0 Å². The first-order valence-electron chi connectivity index (χ1n) is 7.27. The zero-order valence-electron chi connectivity index (χ0n) is 11.6. The Morgan fingerprint density at radius 3 is 3.00 bits per heavy atom. The fourth-order valence-electron chi connectivity index (χ4n) is 4.01. The second-order valence-corrected chi connectivity index (χ2v) is 6.11. The van der Waals surface area contributed by atoms with Gasteiger partial charge in [0.15, 0.2) is 0 Å². The predicted molar refractivity (Wildman–Crippen MR) is 77.2 cm³/mol. The lowest BCUT2D eigenvalue weighted by molar-refractivity contribution is -0.117. The molecule has 102 valence electrons. The van der Waals surface area contributed by atoms with Crippen LogP contribution < -0.4 is 10.6 Å². The molecule has 1 fully saturated rings. The Bertz CT molecular complexity index is 499. The van der Waals surface area contributed by atoms with Crippen LogP contribution in [0.1, 0.15) is 44.6 Å². The van der Waals surface area contributed by atoms with E-state index in [1.54, 1.807) is 0 Å². The smallest absolute Gasteiger partial charge is 0.219 e. The van der Waals surface area contributed by atoms with Crippen molar-refractivity contribution in [1.29, 1.82) is 0 Å². The molecule has 19 heavy (non-hydrogen) atoms. The molecule has 0 spiro atoms. The van der Waals surface area contributed by atoms with Crippen LogP contribution in [0.15, 0.2) is 24.3 Å². The molecule has 3 rings (SSSR count). The summed E-state index contributed by atoms with van der Waals surface area (Å²) in [6.07, 6.45) is 5.53. The van der Waals surface area contributed by atoms with Crippen LogP contribution in [0.2, 0.25) is 0 Å². The first-order chi connectivity index (χ1) is 9.13. The van der Waals surface area contributed by atoms with Gasteiger partial charge in [-0.1, -0.05) is 38.0 Å². The predicted octanol–water partition coefficient (Wildman–Crippen LogP) is 2.58. The molecule has 1 aliphatic carbocycles. The quantitative estimate of drug-likeness (QED) is 0.905. The lowest BCUT2D eigenvalue weighted by atomic mass is 9.69. The van der Waals surface area contributed by atoms with E-state index in [9.17, 15) is 4.79 Å². The van der Waals surface area contributed by atoms with Crippen LogP contribution in [0.3, 0.4) is 0 Å². The fourth-order valence-corrected chi connectivity index (χ4v) is 4.01. The molecule has 0 radical (unpaired) electrons. The summed E-state index contributed by atoms with van der Waals surface area (Å²) in [5.74, 6) is -0.207. The number of benzene rings is 1. The number of nitrogens with two attached hydrogens (primary N) is 1. The molecule has 0 aromatic heterocycles. The van der Waals surface area contributed by atoms with E-state index in [0.717, 1.165) is 6.54 Å². The summed E-state index contributed by atoms with van der Waals surface area (Å²) >= 11 is 0. The maximum atomic E-state index is 11.1. The Kier molecular flexibility index (Phi) is 3.00. The van der Waals surface area contributed by atoms with E-state index in [1.165, 1.54) is 36.9 Å². The number of hydrogen-bond donors (Lipinski definition) is 1. The SMILES string of the molecule is C[C@]12CCCC[C@H]1N(CCC(N)=O)c1ccccc12. The minimum absolute atomic E-state index is 0.207. The highest BCUT2D eigenvalue weighted by Gasteiger charge is 2.48. The van der Waals surface area contributed by atoms with Crippen molar-refractivity contribution in [2.24, 2.45) is 5.73 Å². The van der Waals surface area contributed by atoms with Crippen LogP contribution in [0.4, 0.5) is 5.69 Å². The standard InChI is InChI=1S/C16H22N2O/c1-16-10-5-4-8-14(16)18(11-9-15(17)19)13-7-3-2-6-12(13)16/h2-3,6-7,14H,4-5,8-11H2,1H3,(H2,17,19)/t14-,16-/m1/s1. The maximum Gasteiger partial charge on any atom is 0.219 e. The maximum absolute atomic E-state index is 11.1. The van der Waals surface area contributed by atoms with E-state index in [1.807, 2.05) is 0 Å². The van der Waals surface area contributed by atoms with Gasteiger partial charge < -0.3 is 10.6 Å². The number of fused-ring (bicyclic) bond motifs is 3. The third-order valence-corrected chi connectivity index (χ3v) is 4.96. The van der Waals surface area contributed by atoms with Gasteiger partial charge in [0.05, 0.1) is 0 Å². The third kappa shape index (κ3) is 1.92. The van der Waals surface area contributed by atoms with Gasteiger partial charge in [0.25, 0.3) is 0 Å². The second-order valence-electron chi connectivity index (χ2n) is 6.11. The van der Waals surface area contributed by atoms with Crippen molar-refractivity contribution < 1.29 is 4.79 Å². The Morgan fingerprint density at radius 1 is 1.42 bits per heavy atom. The largest absolute Gasteiger partial charge is 0.370 e. The average Bonchev–Trinajstić information content (AvgIpc) is 2.66. The van der Waals surface area contributed by atoms with Crippen LogP contribution in [-0.2, 0) is 10.2 Å². The molecule has 1 amide bonds. The molecule has 2 aliphatic rings. The lowest BCUT2D eigenvalue weighted by Crippen LogP contribution is -2.46. The van der Waals surface area contributed by atoms with Gasteiger partial charge in [0.1, 0.15) is 0 Å². The first kappa shape index (κ1) is 12.5. The molecule has 2 N–H and O–H groups in total. The van der Waals surface area contributed by atoms with Gasteiger partial charge in [-0.05, 0) is 24.5 Å². The Labute approximate surface area is 114 Å². The number of rotatable bonds is 3. The van der Waals surface area contributed by atoms with E-state index < -0.39 is 0 Å². The topological polar surface area (TPSA) is 46.3 Å². The van der Waals surface area contributed by atoms with Gasteiger partial charge in [0, 0.05) is 30.1 Å². The number of amides is 1. The zero-order chi connectivity index (χ0) is 13.5. The number of para-hydroxylation sites is 1. The van der Waals surface area contributed by atoms with E-state index in [2.05, 4.69) is 36.1 Å². The molecule has 3 nitrogen and oxygen atoms in total. The molecular formula is C16H22N2O. The summed E-state index contributed by atoms with van der Waals surface area (Å²) in [6, 6.07) is 9.22. The highest BCUT2D eigenvalue weighted by molar-refractivity contribution is 5.75. The summed E-state index contributed by atoms with van der Waals surface area (Å²) in [6.45, 7) is 3.15. The van der Waals surface area contributed by atoms with Crippen molar-refractivity contribution in [3.63, 3.8) is 0 Å². The molecule has 1 saturated carbocycles. The minimum Gasteiger partial charge on any atom is -0.370 e. The van der Waals surface area contributed by atoms with Crippen LogP contribution in [-0.4, -0.2) is 18.5 Å². The van der Waals surface area contributed by atoms with Gasteiger partial charge in [-0.15, -0.1) is 0 Å². The second kappa shape index (κ2) is 4.55. The van der Waals surface area contributed by atoms with Gasteiger partial charge in [-0.2, -0.15) is 0 Å². The molecule has 0 unspecified atom stereocenters. The monoisotopic (exact) mass is 258 g/mol. The molecule has 1 aromatic rings. The van der Waals surface area contributed by atoms with E-state index in [-0.39, 0.29) is 11.3 Å². The van der Waals surface area contributed by atoms with Crippen LogP contribution in [0.25, 0.3) is 0 Å². The molecule has 3 heteroatoms. The van der Waals surface area contributed by atoms with E-state index in [0.29, 0.717) is 12.5 Å². The summed E-state index contributed by atoms with van der Waals surface area (Å²) in [7, 11) is 0. The van der Waals surface area contributed by atoms with Crippen LogP contribution in [0.5, 0.6) is 0 Å². The lowest BCUT2D eigenvalue weighted by Gasteiger charge is -2.40. The van der Waals surface area contributed by atoms with E-state index in [4.69, 9.17) is 5.73 Å². The van der Waals surface area contributed by atoms with Crippen molar-refractivity contribution in [3.05, 3.63) is 29.8 Å². The molecule has 0 saturated heterocycles.